The van der Waals surface area contributed by atoms with Crippen LogP contribution in [-0.2, 0) is 10.0 Å². The monoisotopic (exact) mass is 284 g/mol. The van der Waals surface area contributed by atoms with Crippen molar-refractivity contribution in [1.29, 1.82) is 0 Å². The Morgan fingerprint density at radius 1 is 1.44 bits per heavy atom. The fourth-order valence-corrected chi connectivity index (χ4v) is 3.65. The van der Waals surface area contributed by atoms with E-state index in [1.807, 2.05) is 6.92 Å². The first-order chi connectivity index (χ1) is 8.32. The molecule has 1 aliphatic rings. The van der Waals surface area contributed by atoms with Gasteiger partial charge in [0, 0.05) is 11.1 Å². The summed E-state index contributed by atoms with van der Waals surface area (Å²) in [6.07, 6.45) is 2.81. The molecule has 0 unspecified atom stereocenters. The first kappa shape index (κ1) is 13.5. The molecule has 6 heteroatoms. The number of thiocarbonyl (C=S) groups is 1. The van der Waals surface area contributed by atoms with Gasteiger partial charge < -0.3 is 5.73 Å². The minimum Gasteiger partial charge on any atom is -0.389 e. The molecule has 1 aromatic carbocycles. The standard InChI is InChI=1S/C12H16N2O2S2/c1-12(6-3-7-12)14-18(15,16)10-5-2-4-9(8-10)11(13)17/h2,4-5,8,14H,3,6-7H2,1H3,(H2,13,17). The number of hydrogen-bond acceptors (Lipinski definition) is 3. The highest BCUT2D eigenvalue weighted by Gasteiger charge is 2.36. The molecule has 0 aliphatic heterocycles. The lowest BCUT2D eigenvalue weighted by atomic mass is 9.80. The van der Waals surface area contributed by atoms with E-state index in [1.165, 1.54) is 6.07 Å². The average molecular weight is 284 g/mol. The van der Waals surface area contributed by atoms with E-state index in [0.29, 0.717) is 5.56 Å². The predicted molar refractivity (Wildman–Crippen MR) is 74.9 cm³/mol. The number of sulfonamides is 1. The molecule has 2 rings (SSSR count). The fourth-order valence-electron chi connectivity index (χ4n) is 2.01. The van der Waals surface area contributed by atoms with Crippen molar-refractivity contribution in [3.05, 3.63) is 29.8 Å². The summed E-state index contributed by atoms with van der Waals surface area (Å²) in [5.41, 5.74) is 5.76. The van der Waals surface area contributed by atoms with Crippen LogP contribution >= 0.6 is 12.2 Å². The van der Waals surface area contributed by atoms with Crippen LogP contribution in [0.25, 0.3) is 0 Å². The maximum Gasteiger partial charge on any atom is 0.241 e. The summed E-state index contributed by atoms with van der Waals surface area (Å²) >= 11 is 4.85. The Morgan fingerprint density at radius 2 is 2.11 bits per heavy atom. The number of benzene rings is 1. The van der Waals surface area contributed by atoms with Crippen LogP contribution in [0, 0.1) is 0 Å². The van der Waals surface area contributed by atoms with E-state index < -0.39 is 10.0 Å². The fraction of sp³-hybridized carbons (Fsp3) is 0.417. The topological polar surface area (TPSA) is 72.2 Å². The lowest BCUT2D eigenvalue weighted by molar-refractivity contribution is 0.248. The molecular formula is C12H16N2O2S2. The van der Waals surface area contributed by atoms with Crippen molar-refractivity contribution in [1.82, 2.24) is 4.72 Å². The smallest absolute Gasteiger partial charge is 0.241 e. The molecule has 0 saturated heterocycles. The summed E-state index contributed by atoms with van der Waals surface area (Å²) in [4.78, 5) is 0.405. The number of nitrogens with two attached hydrogens (primary N) is 1. The second-order valence-electron chi connectivity index (χ2n) is 4.91. The van der Waals surface area contributed by atoms with Crippen molar-refractivity contribution in [3.8, 4) is 0 Å². The van der Waals surface area contributed by atoms with Gasteiger partial charge in [-0.05, 0) is 38.3 Å². The van der Waals surface area contributed by atoms with Gasteiger partial charge >= 0.3 is 0 Å². The zero-order valence-corrected chi connectivity index (χ0v) is 11.8. The highest BCUT2D eigenvalue weighted by atomic mass is 32.2. The minimum atomic E-state index is -3.50. The van der Waals surface area contributed by atoms with Gasteiger partial charge in [-0.2, -0.15) is 0 Å². The molecule has 0 aromatic heterocycles. The van der Waals surface area contributed by atoms with Gasteiger partial charge in [0.1, 0.15) is 4.99 Å². The Labute approximate surface area is 113 Å². The molecule has 3 N–H and O–H groups in total. The molecule has 18 heavy (non-hydrogen) atoms. The maximum atomic E-state index is 12.2. The third-order valence-electron chi connectivity index (χ3n) is 3.27. The van der Waals surface area contributed by atoms with E-state index in [1.54, 1.807) is 18.2 Å². The summed E-state index contributed by atoms with van der Waals surface area (Å²) in [5, 5.41) is 0. The van der Waals surface area contributed by atoms with Gasteiger partial charge in [0.2, 0.25) is 10.0 Å². The van der Waals surface area contributed by atoms with Crippen molar-refractivity contribution in [2.24, 2.45) is 5.73 Å². The summed E-state index contributed by atoms with van der Waals surface area (Å²) < 4.78 is 27.2. The van der Waals surface area contributed by atoms with Crippen LogP contribution in [-0.4, -0.2) is 18.9 Å². The quantitative estimate of drug-likeness (QED) is 0.823. The second-order valence-corrected chi connectivity index (χ2v) is 7.03. The molecule has 1 aliphatic carbocycles. The molecule has 4 nitrogen and oxygen atoms in total. The molecule has 1 fully saturated rings. The molecular weight excluding hydrogens is 268 g/mol. The number of hydrogen-bond donors (Lipinski definition) is 2. The molecule has 0 heterocycles. The van der Waals surface area contributed by atoms with Gasteiger partial charge in [-0.3, -0.25) is 0 Å². The van der Waals surface area contributed by atoms with Crippen molar-refractivity contribution < 1.29 is 8.42 Å². The molecule has 98 valence electrons. The largest absolute Gasteiger partial charge is 0.389 e. The van der Waals surface area contributed by atoms with Gasteiger partial charge in [0.05, 0.1) is 4.90 Å². The van der Waals surface area contributed by atoms with Gasteiger partial charge in [-0.15, -0.1) is 0 Å². The normalized spacial score (nSPS) is 18.1. The van der Waals surface area contributed by atoms with E-state index >= 15 is 0 Å². The minimum absolute atomic E-state index is 0.196. The Kier molecular flexibility index (Phi) is 3.44. The Hall–Kier alpha value is -0.980. The van der Waals surface area contributed by atoms with Gasteiger partial charge in [0.15, 0.2) is 0 Å². The van der Waals surface area contributed by atoms with E-state index in [0.717, 1.165) is 19.3 Å². The summed E-state index contributed by atoms with van der Waals surface area (Å²) in [7, 11) is -3.50. The molecule has 1 aromatic rings. The van der Waals surface area contributed by atoms with Crippen LogP contribution in [0.3, 0.4) is 0 Å². The van der Waals surface area contributed by atoms with E-state index in [2.05, 4.69) is 4.72 Å². The van der Waals surface area contributed by atoms with Crippen LogP contribution in [0.15, 0.2) is 29.2 Å². The zero-order chi connectivity index (χ0) is 13.4. The van der Waals surface area contributed by atoms with Crippen LogP contribution in [0.5, 0.6) is 0 Å². The Morgan fingerprint density at radius 3 is 2.61 bits per heavy atom. The van der Waals surface area contributed by atoms with Crippen molar-refractivity contribution in [3.63, 3.8) is 0 Å². The molecule has 0 spiro atoms. The molecule has 0 bridgehead atoms. The first-order valence-electron chi connectivity index (χ1n) is 5.76. The van der Waals surface area contributed by atoms with Crippen LogP contribution in [0.2, 0.25) is 0 Å². The lowest BCUT2D eigenvalue weighted by Gasteiger charge is -2.38. The molecule has 1 saturated carbocycles. The number of rotatable bonds is 4. The van der Waals surface area contributed by atoms with Crippen molar-refractivity contribution in [2.45, 2.75) is 36.6 Å². The Balaban J connectivity index is 2.29. The summed E-state index contributed by atoms with van der Waals surface area (Å²) in [6.45, 7) is 1.92. The van der Waals surface area contributed by atoms with E-state index in [4.69, 9.17) is 18.0 Å². The van der Waals surface area contributed by atoms with Gasteiger partial charge in [0.25, 0.3) is 0 Å². The lowest BCUT2D eigenvalue weighted by Crippen LogP contribution is -2.50. The molecule has 0 atom stereocenters. The van der Waals surface area contributed by atoms with Crippen LogP contribution in [0.4, 0.5) is 0 Å². The molecule has 0 amide bonds. The van der Waals surface area contributed by atoms with Crippen molar-refractivity contribution in [2.75, 3.05) is 0 Å². The third-order valence-corrected chi connectivity index (χ3v) is 5.14. The average Bonchev–Trinajstić information content (AvgIpc) is 2.26. The first-order valence-corrected chi connectivity index (χ1v) is 7.65. The van der Waals surface area contributed by atoms with E-state index in [-0.39, 0.29) is 15.4 Å². The van der Waals surface area contributed by atoms with Crippen LogP contribution in [0.1, 0.15) is 31.7 Å². The summed E-state index contributed by atoms with van der Waals surface area (Å²) in [5.74, 6) is 0. The second kappa shape index (κ2) is 4.60. The van der Waals surface area contributed by atoms with Gasteiger partial charge in [-0.1, -0.05) is 24.4 Å². The Bertz CT molecular complexity index is 577. The van der Waals surface area contributed by atoms with E-state index in [9.17, 15) is 8.42 Å². The molecule has 0 radical (unpaired) electrons. The third kappa shape index (κ3) is 2.71. The van der Waals surface area contributed by atoms with Gasteiger partial charge in [-0.25, -0.2) is 13.1 Å². The highest BCUT2D eigenvalue weighted by Crippen LogP contribution is 2.32. The SMILES string of the molecule is CC1(NS(=O)(=O)c2cccc(C(N)=S)c2)CCC1. The van der Waals surface area contributed by atoms with Crippen LogP contribution < -0.4 is 10.5 Å². The zero-order valence-electron chi connectivity index (χ0n) is 10.1. The highest BCUT2D eigenvalue weighted by molar-refractivity contribution is 7.89. The summed E-state index contributed by atoms with van der Waals surface area (Å²) in [6, 6.07) is 6.40. The maximum absolute atomic E-state index is 12.2. The van der Waals surface area contributed by atoms with Crippen molar-refractivity contribution >= 4 is 27.2 Å². The predicted octanol–water partition coefficient (Wildman–Crippen LogP) is 1.54. The number of nitrogens with one attached hydrogen (secondary N) is 1.